The van der Waals surface area contributed by atoms with Crippen LogP contribution in [0.4, 0.5) is 0 Å². The van der Waals surface area contributed by atoms with Gasteiger partial charge in [-0.05, 0) is 0 Å². The third-order valence-electron chi connectivity index (χ3n) is 6.44. The summed E-state index contributed by atoms with van der Waals surface area (Å²) in [4.78, 5) is 0. The van der Waals surface area contributed by atoms with Gasteiger partial charge in [-0.2, -0.15) is 0 Å². The van der Waals surface area contributed by atoms with Crippen LogP contribution in [0.3, 0.4) is 0 Å². The molecule has 5 aromatic rings. The van der Waals surface area contributed by atoms with E-state index in [-0.39, 0.29) is 0 Å². The van der Waals surface area contributed by atoms with Crippen molar-refractivity contribution in [3.8, 4) is 5.75 Å². The average molecular weight is 461 g/mol. The molecule has 0 N–H and O–H groups in total. The Morgan fingerprint density at radius 2 is 0.824 bits per heavy atom. The average Bonchev–Trinajstić information content (AvgIpc) is 2.93. The van der Waals surface area contributed by atoms with Gasteiger partial charge in [-0.1, -0.05) is 0 Å². The second-order valence-electron chi connectivity index (χ2n) is 8.60. The standard InChI is InChI=1S/C32H29OP/c1-5-13-27(14-6-1)25-33-29-23-21-28(22-24-29)26-34(30-15-7-2-8-16-30,31-17-9-3-10-18-31)32-19-11-4-12-20-32/h1-24,34H,25-26H2. The van der Waals surface area contributed by atoms with Gasteiger partial charge in [0.15, 0.2) is 0 Å². The number of hydrogen-bond donors (Lipinski definition) is 0. The summed E-state index contributed by atoms with van der Waals surface area (Å²) < 4.78 is 6.04. The fraction of sp³-hybridized carbons (Fsp3) is 0.0625. The predicted octanol–water partition coefficient (Wildman–Crippen LogP) is 6.49. The van der Waals surface area contributed by atoms with E-state index in [1.54, 1.807) is 0 Å². The van der Waals surface area contributed by atoms with Crippen LogP contribution in [0.5, 0.6) is 5.75 Å². The zero-order valence-corrected chi connectivity index (χ0v) is 20.2. The Labute approximate surface area is 203 Å². The third kappa shape index (κ3) is 4.81. The fourth-order valence-corrected chi connectivity index (χ4v) is 9.47. The minimum absolute atomic E-state index is 0.580. The Morgan fingerprint density at radius 1 is 0.412 bits per heavy atom. The van der Waals surface area contributed by atoms with E-state index in [9.17, 15) is 0 Å². The van der Waals surface area contributed by atoms with Crippen LogP contribution in [0.2, 0.25) is 0 Å². The van der Waals surface area contributed by atoms with Crippen LogP contribution in [0, 0.1) is 0 Å². The molecule has 34 heavy (non-hydrogen) atoms. The first kappa shape index (κ1) is 22.1. The van der Waals surface area contributed by atoms with E-state index < -0.39 is 7.26 Å². The zero-order valence-electron chi connectivity index (χ0n) is 19.2. The molecule has 0 radical (unpaired) electrons. The first-order valence-corrected chi connectivity index (χ1v) is 14.0. The van der Waals surface area contributed by atoms with Gasteiger partial charge in [0.1, 0.15) is 0 Å². The monoisotopic (exact) mass is 460 g/mol. The molecule has 5 aromatic carbocycles. The molecule has 0 atom stereocenters. The number of hydrogen-bond acceptors (Lipinski definition) is 1. The van der Waals surface area contributed by atoms with E-state index in [1.807, 2.05) is 18.2 Å². The van der Waals surface area contributed by atoms with Gasteiger partial charge in [-0.25, -0.2) is 0 Å². The molecule has 5 rings (SSSR count). The molecular formula is C32H29OP. The maximum atomic E-state index is 6.04. The Balaban J connectivity index is 1.51. The molecule has 0 heterocycles. The summed E-state index contributed by atoms with van der Waals surface area (Å²) in [6, 6.07) is 52.2. The van der Waals surface area contributed by atoms with Crippen molar-refractivity contribution in [1.29, 1.82) is 0 Å². The van der Waals surface area contributed by atoms with Gasteiger partial charge >= 0.3 is 203 Å². The Morgan fingerprint density at radius 3 is 1.26 bits per heavy atom. The van der Waals surface area contributed by atoms with Gasteiger partial charge in [0.05, 0.1) is 0 Å². The molecule has 168 valence electrons. The van der Waals surface area contributed by atoms with Gasteiger partial charge < -0.3 is 0 Å². The first-order chi connectivity index (χ1) is 16.8. The summed E-state index contributed by atoms with van der Waals surface area (Å²) in [6.45, 7) is 0.580. The molecule has 0 saturated carbocycles. The van der Waals surface area contributed by atoms with E-state index in [2.05, 4.69) is 127 Å². The van der Waals surface area contributed by atoms with Crippen LogP contribution in [0.1, 0.15) is 11.1 Å². The quantitative estimate of drug-likeness (QED) is 0.241. The van der Waals surface area contributed by atoms with Crippen LogP contribution in [0.15, 0.2) is 146 Å². The maximum absolute atomic E-state index is 6.04. The van der Waals surface area contributed by atoms with Crippen molar-refractivity contribution < 1.29 is 4.74 Å². The van der Waals surface area contributed by atoms with Crippen molar-refractivity contribution in [2.75, 3.05) is 0 Å². The Kier molecular flexibility index (Phi) is 6.84. The Bertz CT molecular complexity index is 1190. The van der Waals surface area contributed by atoms with Crippen molar-refractivity contribution in [1.82, 2.24) is 0 Å². The number of rotatable bonds is 8. The first-order valence-electron chi connectivity index (χ1n) is 11.8. The molecule has 0 aliphatic rings. The van der Waals surface area contributed by atoms with E-state index in [4.69, 9.17) is 4.74 Å². The minimum atomic E-state index is -2.29. The SMILES string of the molecule is c1ccc(COc2ccc(C[PH](c3ccccc3)(c3ccccc3)c3ccccc3)cc2)cc1. The van der Waals surface area contributed by atoms with E-state index in [0.29, 0.717) is 6.61 Å². The summed E-state index contributed by atoms with van der Waals surface area (Å²) in [5.41, 5.74) is 2.51. The third-order valence-corrected chi connectivity index (χ3v) is 11.3. The van der Waals surface area contributed by atoms with Gasteiger partial charge in [-0.3, -0.25) is 0 Å². The molecule has 0 aliphatic carbocycles. The molecule has 2 heteroatoms. The van der Waals surface area contributed by atoms with Gasteiger partial charge in [0.25, 0.3) is 0 Å². The predicted molar refractivity (Wildman–Crippen MR) is 147 cm³/mol. The Hall–Kier alpha value is -3.67. The summed E-state index contributed by atoms with van der Waals surface area (Å²) in [7, 11) is -2.29. The summed E-state index contributed by atoms with van der Waals surface area (Å²) in [6.07, 6.45) is 0.990. The van der Waals surface area contributed by atoms with Crippen LogP contribution in [-0.2, 0) is 12.8 Å². The molecule has 0 spiro atoms. The van der Waals surface area contributed by atoms with E-state index in [0.717, 1.165) is 11.9 Å². The van der Waals surface area contributed by atoms with Gasteiger partial charge in [0, 0.05) is 0 Å². The number of benzene rings is 5. The van der Waals surface area contributed by atoms with E-state index >= 15 is 0 Å². The summed E-state index contributed by atoms with van der Waals surface area (Å²) in [5, 5.41) is 4.28. The summed E-state index contributed by atoms with van der Waals surface area (Å²) >= 11 is 0. The topological polar surface area (TPSA) is 9.23 Å². The zero-order chi connectivity index (χ0) is 23.1. The molecule has 1 nitrogen and oxygen atoms in total. The van der Waals surface area contributed by atoms with Crippen LogP contribution < -0.4 is 20.7 Å². The van der Waals surface area contributed by atoms with Crippen molar-refractivity contribution in [2.24, 2.45) is 0 Å². The number of ether oxygens (including phenoxy) is 1. The van der Waals surface area contributed by atoms with Gasteiger partial charge in [-0.15, -0.1) is 0 Å². The second-order valence-corrected chi connectivity index (χ2v) is 12.5. The van der Waals surface area contributed by atoms with E-state index in [1.165, 1.54) is 27.0 Å². The fourth-order valence-electron chi connectivity index (χ4n) is 4.72. The molecule has 0 bridgehead atoms. The normalized spacial score (nSPS) is 11.6. The molecule has 0 amide bonds. The van der Waals surface area contributed by atoms with Crippen LogP contribution in [-0.4, -0.2) is 0 Å². The molecule has 0 fully saturated rings. The van der Waals surface area contributed by atoms with Crippen molar-refractivity contribution in [3.05, 3.63) is 157 Å². The molecule has 0 aromatic heterocycles. The van der Waals surface area contributed by atoms with Crippen molar-refractivity contribution in [3.63, 3.8) is 0 Å². The van der Waals surface area contributed by atoms with Crippen LogP contribution in [0.25, 0.3) is 0 Å². The van der Waals surface area contributed by atoms with Crippen molar-refractivity contribution in [2.45, 2.75) is 12.8 Å². The molecule has 0 aliphatic heterocycles. The van der Waals surface area contributed by atoms with Crippen LogP contribution >= 0.6 is 7.26 Å². The summed E-state index contributed by atoms with van der Waals surface area (Å²) in [5.74, 6) is 0.902. The van der Waals surface area contributed by atoms with Gasteiger partial charge in [0.2, 0.25) is 0 Å². The molecular weight excluding hydrogens is 431 g/mol. The second kappa shape index (κ2) is 10.5. The molecule has 0 unspecified atom stereocenters. The molecule has 0 saturated heterocycles. The van der Waals surface area contributed by atoms with Crippen molar-refractivity contribution >= 4 is 23.2 Å².